The summed E-state index contributed by atoms with van der Waals surface area (Å²) in [7, 11) is 0. The fourth-order valence-electron chi connectivity index (χ4n) is 1.13. The van der Waals surface area contributed by atoms with Crippen LogP contribution in [0.2, 0.25) is 0 Å². The van der Waals surface area contributed by atoms with Crippen LogP contribution in [0.3, 0.4) is 0 Å². The molecule has 8 nitrogen and oxygen atoms in total. The lowest BCUT2D eigenvalue weighted by Crippen LogP contribution is -2.00. The topological polar surface area (TPSA) is 152 Å². The normalized spacial score (nSPS) is 9.20. The highest BCUT2D eigenvalue weighted by Gasteiger charge is 2.02. The maximum absolute atomic E-state index is 10.2. The molecular formula is C12H12N4O4. The molecule has 0 bridgehead atoms. The SMILES string of the molecule is Nc1ccnc(C(=O)O)c1.Nc1ccnc(C(=O)O)c1. The Bertz CT molecular complexity index is 575. The molecule has 0 amide bonds. The van der Waals surface area contributed by atoms with Gasteiger partial charge in [0.05, 0.1) is 0 Å². The molecule has 0 saturated carbocycles. The van der Waals surface area contributed by atoms with Gasteiger partial charge in [-0.1, -0.05) is 0 Å². The fraction of sp³-hybridized carbons (Fsp3) is 0. The van der Waals surface area contributed by atoms with Gasteiger partial charge in [-0.2, -0.15) is 0 Å². The van der Waals surface area contributed by atoms with Crippen molar-refractivity contribution in [2.45, 2.75) is 0 Å². The first-order valence-corrected chi connectivity index (χ1v) is 5.30. The predicted octanol–water partition coefficient (Wildman–Crippen LogP) is 0.724. The Balaban J connectivity index is 0.000000200. The number of nitrogens with two attached hydrogens (primary N) is 2. The first-order chi connectivity index (χ1) is 9.40. The van der Waals surface area contributed by atoms with Gasteiger partial charge in [0.1, 0.15) is 11.4 Å². The molecule has 2 aromatic rings. The molecule has 0 aliphatic heterocycles. The van der Waals surface area contributed by atoms with Crippen molar-refractivity contribution in [2.24, 2.45) is 0 Å². The van der Waals surface area contributed by atoms with Crippen LogP contribution in [0.1, 0.15) is 21.0 Å². The minimum absolute atomic E-state index is 0.0278. The summed E-state index contributed by atoms with van der Waals surface area (Å²) in [5.41, 5.74) is 11.3. The quantitative estimate of drug-likeness (QED) is 0.626. The first kappa shape index (κ1) is 14.9. The molecule has 104 valence electrons. The van der Waals surface area contributed by atoms with Gasteiger partial charge in [-0.3, -0.25) is 0 Å². The highest BCUT2D eigenvalue weighted by Crippen LogP contribution is 2.02. The molecule has 0 aromatic carbocycles. The number of hydrogen-bond donors (Lipinski definition) is 4. The Hall–Kier alpha value is -3.16. The molecule has 0 aliphatic rings. The van der Waals surface area contributed by atoms with Crippen LogP contribution in [0.25, 0.3) is 0 Å². The Morgan fingerprint density at radius 3 is 1.40 bits per heavy atom. The number of nitrogens with zero attached hydrogens (tertiary/aromatic N) is 2. The zero-order valence-corrected chi connectivity index (χ0v) is 10.2. The number of rotatable bonds is 2. The van der Waals surface area contributed by atoms with Crippen LogP contribution < -0.4 is 11.5 Å². The Labute approximate surface area is 113 Å². The number of hydrogen-bond acceptors (Lipinski definition) is 6. The van der Waals surface area contributed by atoms with Crippen LogP contribution in [-0.2, 0) is 0 Å². The molecule has 20 heavy (non-hydrogen) atoms. The molecule has 0 saturated heterocycles. The van der Waals surface area contributed by atoms with Crippen molar-refractivity contribution in [3.8, 4) is 0 Å². The van der Waals surface area contributed by atoms with E-state index < -0.39 is 11.9 Å². The summed E-state index contributed by atoms with van der Waals surface area (Å²) < 4.78 is 0. The van der Waals surface area contributed by atoms with Gasteiger partial charge in [-0.05, 0) is 24.3 Å². The van der Waals surface area contributed by atoms with Crippen molar-refractivity contribution < 1.29 is 19.8 Å². The molecule has 0 spiro atoms. The number of nitrogen functional groups attached to an aromatic ring is 2. The third-order valence-electron chi connectivity index (χ3n) is 2.01. The number of carboxylic acid groups (broad SMARTS) is 2. The predicted molar refractivity (Wildman–Crippen MR) is 71.2 cm³/mol. The highest BCUT2D eigenvalue weighted by molar-refractivity contribution is 5.86. The summed E-state index contributed by atoms with van der Waals surface area (Å²) in [6.45, 7) is 0. The van der Waals surface area contributed by atoms with Gasteiger partial charge in [-0.25, -0.2) is 19.6 Å². The van der Waals surface area contributed by atoms with Crippen LogP contribution in [0.5, 0.6) is 0 Å². The number of carbonyl (C=O) groups is 2. The Kier molecular flexibility index (Phi) is 4.98. The van der Waals surface area contributed by atoms with Crippen LogP contribution in [-0.4, -0.2) is 32.1 Å². The summed E-state index contributed by atoms with van der Waals surface area (Å²) >= 11 is 0. The molecule has 2 heterocycles. The van der Waals surface area contributed by atoms with E-state index in [-0.39, 0.29) is 11.4 Å². The molecule has 0 unspecified atom stereocenters. The lowest BCUT2D eigenvalue weighted by molar-refractivity contribution is 0.0680. The number of pyridine rings is 2. The lowest BCUT2D eigenvalue weighted by atomic mass is 10.3. The lowest BCUT2D eigenvalue weighted by Gasteiger charge is -1.92. The van der Waals surface area contributed by atoms with Crippen LogP contribution >= 0.6 is 0 Å². The molecule has 8 heteroatoms. The first-order valence-electron chi connectivity index (χ1n) is 5.30. The summed E-state index contributed by atoms with van der Waals surface area (Å²) in [5, 5.41) is 16.8. The molecule has 2 aromatic heterocycles. The van der Waals surface area contributed by atoms with Gasteiger partial charge in [-0.15, -0.1) is 0 Å². The van der Waals surface area contributed by atoms with Crippen molar-refractivity contribution in [3.63, 3.8) is 0 Å². The number of anilines is 2. The van der Waals surface area contributed by atoms with Crippen LogP contribution in [0.15, 0.2) is 36.7 Å². The average molecular weight is 276 g/mol. The van der Waals surface area contributed by atoms with E-state index >= 15 is 0 Å². The summed E-state index contributed by atoms with van der Waals surface area (Å²) in [6, 6.07) is 5.68. The van der Waals surface area contributed by atoms with E-state index in [0.29, 0.717) is 11.4 Å². The molecule has 6 N–H and O–H groups in total. The fourth-order valence-corrected chi connectivity index (χ4v) is 1.13. The zero-order valence-electron chi connectivity index (χ0n) is 10.2. The molecule has 2 rings (SSSR count). The third kappa shape index (κ3) is 4.61. The van der Waals surface area contributed by atoms with Gasteiger partial charge in [0, 0.05) is 23.8 Å². The number of aromatic nitrogens is 2. The molecule has 0 atom stereocenters. The second-order valence-corrected chi connectivity index (χ2v) is 3.56. The van der Waals surface area contributed by atoms with E-state index in [2.05, 4.69) is 9.97 Å². The number of aromatic carboxylic acids is 2. The largest absolute Gasteiger partial charge is 0.477 e. The average Bonchev–Trinajstić information content (AvgIpc) is 2.39. The smallest absolute Gasteiger partial charge is 0.354 e. The van der Waals surface area contributed by atoms with Gasteiger partial charge >= 0.3 is 11.9 Å². The maximum Gasteiger partial charge on any atom is 0.354 e. The molecular weight excluding hydrogens is 264 g/mol. The standard InChI is InChI=1S/2C6H6N2O2/c2*7-4-1-2-8-5(3-4)6(9)10/h2*1-3H,(H2,7,8)(H,9,10). The van der Waals surface area contributed by atoms with E-state index in [4.69, 9.17) is 21.7 Å². The minimum atomic E-state index is -1.06. The summed E-state index contributed by atoms with van der Waals surface area (Å²) in [6.07, 6.45) is 2.72. The second kappa shape index (κ2) is 6.69. The van der Waals surface area contributed by atoms with Crippen molar-refractivity contribution in [2.75, 3.05) is 11.5 Å². The van der Waals surface area contributed by atoms with E-state index in [9.17, 15) is 9.59 Å². The zero-order chi connectivity index (χ0) is 15.1. The van der Waals surface area contributed by atoms with Gasteiger partial charge in [0.15, 0.2) is 0 Å². The van der Waals surface area contributed by atoms with Gasteiger partial charge in [0.2, 0.25) is 0 Å². The number of carboxylic acids is 2. The van der Waals surface area contributed by atoms with E-state index in [0.717, 1.165) is 0 Å². The van der Waals surface area contributed by atoms with E-state index in [1.54, 1.807) is 0 Å². The Morgan fingerprint density at radius 1 is 0.850 bits per heavy atom. The summed E-state index contributed by atoms with van der Waals surface area (Å²) in [4.78, 5) is 27.6. The minimum Gasteiger partial charge on any atom is -0.477 e. The molecule has 0 aliphatic carbocycles. The van der Waals surface area contributed by atoms with Crippen molar-refractivity contribution in [3.05, 3.63) is 48.0 Å². The van der Waals surface area contributed by atoms with Crippen LogP contribution in [0.4, 0.5) is 11.4 Å². The van der Waals surface area contributed by atoms with Gasteiger partial charge in [0.25, 0.3) is 0 Å². The Morgan fingerprint density at radius 2 is 1.20 bits per heavy atom. The van der Waals surface area contributed by atoms with Crippen molar-refractivity contribution >= 4 is 23.3 Å². The monoisotopic (exact) mass is 276 g/mol. The maximum atomic E-state index is 10.2. The van der Waals surface area contributed by atoms with Crippen LogP contribution in [0, 0.1) is 0 Å². The van der Waals surface area contributed by atoms with E-state index in [1.165, 1.54) is 36.7 Å². The van der Waals surface area contributed by atoms with Crippen molar-refractivity contribution in [1.82, 2.24) is 9.97 Å². The van der Waals surface area contributed by atoms with E-state index in [1.807, 2.05) is 0 Å². The third-order valence-corrected chi connectivity index (χ3v) is 2.01. The summed E-state index contributed by atoms with van der Waals surface area (Å²) in [5.74, 6) is -2.13. The van der Waals surface area contributed by atoms with Gasteiger partial charge < -0.3 is 21.7 Å². The highest BCUT2D eigenvalue weighted by atomic mass is 16.4. The molecule has 0 radical (unpaired) electrons. The van der Waals surface area contributed by atoms with Crippen molar-refractivity contribution in [1.29, 1.82) is 0 Å². The molecule has 0 fully saturated rings. The second-order valence-electron chi connectivity index (χ2n) is 3.56.